The number of nitrogens with one attached hydrogen (secondary N) is 1. The first kappa shape index (κ1) is 15.6. The summed E-state index contributed by atoms with van der Waals surface area (Å²) < 4.78 is 1.67. The van der Waals surface area contributed by atoms with Crippen LogP contribution in [0.1, 0.15) is 11.1 Å². The van der Waals surface area contributed by atoms with Crippen LogP contribution < -0.4 is 5.69 Å². The van der Waals surface area contributed by atoms with Crippen LogP contribution in [0.2, 0.25) is 5.02 Å². The van der Waals surface area contributed by atoms with Crippen LogP contribution in [-0.2, 0) is 6.54 Å². The van der Waals surface area contributed by atoms with Gasteiger partial charge in [-0.2, -0.15) is 0 Å². The van der Waals surface area contributed by atoms with Gasteiger partial charge in [-0.05, 0) is 41.8 Å². The molecule has 0 aliphatic heterocycles. The predicted octanol–water partition coefficient (Wildman–Crippen LogP) is 3.80. The highest BCUT2D eigenvalue weighted by Crippen LogP contribution is 2.24. The average molecular weight is 351 g/mol. The Balaban J connectivity index is 1.83. The Bertz CT molecular complexity index is 1130. The molecule has 0 saturated heterocycles. The van der Waals surface area contributed by atoms with Crippen molar-refractivity contribution in [1.29, 1.82) is 0 Å². The van der Waals surface area contributed by atoms with Gasteiger partial charge in [0, 0.05) is 29.2 Å². The molecule has 0 aliphatic carbocycles. The average Bonchev–Trinajstić information content (AvgIpc) is 2.90. The zero-order valence-corrected chi connectivity index (χ0v) is 14.3. The number of halogens is 1. The number of aromatic nitrogens is 4. The zero-order chi connectivity index (χ0) is 17.4. The van der Waals surface area contributed by atoms with Crippen LogP contribution in [0, 0.1) is 6.92 Å². The van der Waals surface area contributed by atoms with Gasteiger partial charge in [0.2, 0.25) is 0 Å². The molecule has 25 heavy (non-hydrogen) atoms. The summed E-state index contributed by atoms with van der Waals surface area (Å²) in [4.78, 5) is 23.7. The summed E-state index contributed by atoms with van der Waals surface area (Å²) in [5.41, 5.74) is 5.02. The van der Waals surface area contributed by atoms with E-state index in [-0.39, 0.29) is 5.69 Å². The molecule has 3 heterocycles. The van der Waals surface area contributed by atoms with E-state index < -0.39 is 0 Å². The molecule has 4 aromatic rings. The van der Waals surface area contributed by atoms with Crippen LogP contribution in [0.3, 0.4) is 0 Å². The number of imidazole rings is 1. The molecule has 0 atom stereocenters. The van der Waals surface area contributed by atoms with Gasteiger partial charge >= 0.3 is 5.69 Å². The van der Waals surface area contributed by atoms with Crippen molar-refractivity contribution in [2.45, 2.75) is 13.5 Å². The maximum atomic E-state index is 12.4. The van der Waals surface area contributed by atoms with Crippen molar-refractivity contribution >= 4 is 22.8 Å². The smallest absolute Gasteiger partial charge is 0.290 e. The molecule has 0 saturated carbocycles. The Labute approximate surface area is 149 Å². The van der Waals surface area contributed by atoms with Crippen LogP contribution in [0.25, 0.3) is 22.3 Å². The fourth-order valence-corrected chi connectivity index (χ4v) is 3.09. The quantitative estimate of drug-likeness (QED) is 0.611. The van der Waals surface area contributed by atoms with Crippen molar-refractivity contribution in [3.05, 3.63) is 81.6 Å². The third-order valence-corrected chi connectivity index (χ3v) is 4.29. The second kappa shape index (κ2) is 6.18. The first-order chi connectivity index (χ1) is 12.1. The highest BCUT2D eigenvalue weighted by molar-refractivity contribution is 6.30. The number of aryl methyl sites for hydroxylation is 1. The second-order valence-corrected chi connectivity index (χ2v) is 6.43. The number of pyridine rings is 2. The number of nitrogens with zero attached hydrogens (tertiary/aromatic N) is 3. The first-order valence-electron chi connectivity index (χ1n) is 7.85. The van der Waals surface area contributed by atoms with E-state index in [2.05, 4.69) is 15.0 Å². The van der Waals surface area contributed by atoms with Crippen LogP contribution in [0.15, 0.2) is 59.8 Å². The largest absolute Gasteiger partial charge is 0.327 e. The van der Waals surface area contributed by atoms with Gasteiger partial charge in [-0.15, -0.1) is 0 Å². The maximum absolute atomic E-state index is 12.4. The summed E-state index contributed by atoms with van der Waals surface area (Å²) in [6, 6.07) is 11.5. The molecular formula is C19H15ClN4O. The van der Waals surface area contributed by atoms with Gasteiger partial charge in [-0.1, -0.05) is 29.8 Å². The Morgan fingerprint density at radius 3 is 2.80 bits per heavy atom. The number of aromatic amines is 1. The lowest BCUT2D eigenvalue weighted by Crippen LogP contribution is -2.17. The Morgan fingerprint density at radius 2 is 2.00 bits per heavy atom. The second-order valence-electron chi connectivity index (χ2n) is 5.99. The summed E-state index contributed by atoms with van der Waals surface area (Å²) in [5, 5.41) is 0.662. The number of benzene rings is 1. The summed E-state index contributed by atoms with van der Waals surface area (Å²) in [6.07, 6.45) is 5.30. The highest BCUT2D eigenvalue weighted by Gasteiger charge is 2.10. The minimum atomic E-state index is -0.188. The number of hydrogen-bond donors (Lipinski definition) is 1. The zero-order valence-electron chi connectivity index (χ0n) is 13.5. The lowest BCUT2D eigenvalue weighted by molar-refractivity contribution is 0.782. The Hall–Kier alpha value is -2.92. The van der Waals surface area contributed by atoms with E-state index in [4.69, 9.17) is 11.6 Å². The molecule has 3 aromatic heterocycles. The number of H-pyrrole nitrogens is 1. The molecule has 0 aliphatic rings. The molecular weight excluding hydrogens is 336 g/mol. The van der Waals surface area contributed by atoms with Crippen molar-refractivity contribution < 1.29 is 0 Å². The van der Waals surface area contributed by atoms with Gasteiger partial charge in [0.05, 0.1) is 12.1 Å². The van der Waals surface area contributed by atoms with Crippen LogP contribution in [0.5, 0.6) is 0 Å². The first-order valence-corrected chi connectivity index (χ1v) is 8.23. The van der Waals surface area contributed by atoms with Gasteiger partial charge in [0.25, 0.3) is 0 Å². The van der Waals surface area contributed by atoms with Crippen LogP contribution >= 0.6 is 11.6 Å². The molecule has 4 rings (SSSR count). The van der Waals surface area contributed by atoms with Crippen molar-refractivity contribution in [3.63, 3.8) is 0 Å². The molecule has 124 valence electrons. The highest BCUT2D eigenvalue weighted by atomic mass is 35.5. The molecule has 0 unspecified atom stereocenters. The summed E-state index contributed by atoms with van der Waals surface area (Å²) >= 11 is 6.08. The van der Waals surface area contributed by atoms with Crippen LogP contribution in [-0.4, -0.2) is 19.5 Å². The Kier molecular flexibility index (Phi) is 3.86. The van der Waals surface area contributed by atoms with Gasteiger partial charge in [-0.3, -0.25) is 14.5 Å². The van der Waals surface area contributed by atoms with Crippen molar-refractivity contribution in [2.24, 2.45) is 0 Å². The molecule has 6 heteroatoms. The van der Waals surface area contributed by atoms with Gasteiger partial charge in [0.15, 0.2) is 5.65 Å². The third-order valence-electron chi connectivity index (χ3n) is 4.06. The van der Waals surface area contributed by atoms with Gasteiger partial charge < -0.3 is 0 Å². The van der Waals surface area contributed by atoms with E-state index >= 15 is 0 Å². The van der Waals surface area contributed by atoms with Crippen molar-refractivity contribution in [2.75, 3.05) is 0 Å². The summed E-state index contributed by atoms with van der Waals surface area (Å²) in [7, 11) is 0. The number of rotatable bonds is 3. The van der Waals surface area contributed by atoms with Crippen molar-refractivity contribution in [3.8, 4) is 11.1 Å². The molecule has 0 fully saturated rings. The molecule has 0 amide bonds. The lowest BCUT2D eigenvalue weighted by atomic mass is 10.1. The number of fused-ring (bicyclic) bond motifs is 1. The van der Waals surface area contributed by atoms with Gasteiger partial charge in [0.1, 0.15) is 0 Å². The minimum absolute atomic E-state index is 0.188. The maximum Gasteiger partial charge on any atom is 0.327 e. The minimum Gasteiger partial charge on any atom is -0.290 e. The third kappa shape index (κ3) is 3.06. The van der Waals surface area contributed by atoms with E-state index in [1.54, 1.807) is 23.2 Å². The summed E-state index contributed by atoms with van der Waals surface area (Å²) in [5.74, 6) is 0. The molecule has 0 spiro atoms. The fourth-order valence-electron chi connectivity index (χ4n) is 2.90. The Morgan fingerprint density at radius 1 is 1.12 bits per heavy atom. The number of hydrogen-bond acceptors (Lipinski definition) is 3. The standard InChI is InChI=1S/C19H15ClN4O/c1-12-5-13(9-21-8-12)11-24-17-7-15(10-22-18(17)23-19(24)25)14-3-2-4-16(20)6-14/h2-10H,11H2,1H3,(H,22,23,25). The van der Waals surface area contributed by atoms with E-state index in [1.165, 1.54) is 0 Å². The molecule has 5 nitrogen and oxygen atoms in total. The van der Waals surface area contributed by atoms with E-state index in [0.29, 0.717) is 17.2 Å². The van der Waals surface area contributed by atoms with E-state index in [0.717, 1.165) is 27.8 Å². The van der Waals surface area contributed by atoms with Gasteiger partial charge in [-0.25, -0.2) is 9.78 Å². The monoisotopic (exact) mass is 350 g/mol. The molecule has 0 bridgehead atoms. The molecule has 1 N–H and O–H groups in total. The normalized spacial score (nSPS) is 11.1. The fraction of sp³-hybridized carbons (Fsp3) is 0.105. The summed E-state index contributed by atoms with van der Waals surface area (Å²) in [6.45, 7) is 2.42. The van der Waals surface area contributed by atoms with E-state index in [9.17, 15) is 4.79 Å². The van der Waals surface area contributed by atoms with Crippen LogP contribution in [0.4, 0.5) is 0 Å². The topological polar surface area (TPSA) is 63.6 Å². The predicted molar refractivity (Wildman–Crippen MR) is 98.9 cm³/mol. The van der Waals surface area contributed by atoms with E-state index in [1.807, 2.05) is 43.3 Å². The SMILES string of the molecule is Cc1cncc(Cn2c(=O)[nH]c3ncc(-c4cccc(Cl)c4)cc32)c1. The molecule has 1 aromatic carbocycles. The molecule has 0 radical (unpaired) electrons. The lowest BCUT2D eigenvalue weighted by Gasteiger charge is -2.06. The van der Waals surface area contributed by atoms with Crippen molar-refractivity contribution in [1.82, 2.24) is 19.5 Å².